The highest BCUT2D eigenvalue weighted by Gasteiger charge is 2.22. The lowest BCUT2D eigenvalue weighted by Gasteiger charge is -2.08. The highest BCUT2D eigenvalue weighted by Crippen LogP contribution is 2.27. The Hall–Kier alpha value is -2.64. The summed E-state index contributed by atoms with van der Waals surface area (Å²) in [5.74, 6) is -0.188. The Morgan fingerprint density at radius 3 is 2.54 bits per heavy atom. The number of aromatic nitrogens is 3. The van der Waals surface area contributed by atoms with Gasteiger partial charge in [0.05, 0.1) is 33.0 Å². The molecule has 0 saturated carbocycles. The second-order valence-corrected chi connectivity index (χ2v) is 7.38. The highest BCUT2D eigenvalue weighted by molar-refractivity contribution is 8.26. The number of para-hydroxylation sites is 2. The van der Waals surface area contributed by atoms with Crippen molar-refractivity contribution in [1.82, 2.24) is 20.3 Å². The molecule has 26 heavy (non-hydrogen) atoms. The number of nitrogens with zero attached hydrogens (tertiary/aromatic N) is 3. The van der Waals surface area contributed by atoms with Crippen LogP contribution in [0.15, 0.2) is 47.4 Å². The monoisotopic (exact) mass is 378 g/mol. The molecule has 1 aliphatic heterocycles. The Morgan fingerprint density at radius 2 is 1.85 bits per heavy atom. The number of benzene rings is 1. The first-order chi connectivity index (χ1) is 12.6. The molecule has 0 aliphatic carbocycles. The van der Waals surface area contributed by atoms with Gasteiger partial charge < -0.3 is 5.32 Å². The largest absolute Gasteiger partial charge is 0.307 e. The first kappa shape index (κ1) is 16.8. The molecular formula is C19H14N4OS2. The number of aryl methyl sites for hydroxylation is 1. The SMILES string of the molecule is CCc1nc2ccccc2nc1-c1cccc(C=C2SC(=S)NC2=O)n1. The number of nitrogens with one attached hydrogen (secondary N) is 1. The second kappa shape index (κ2) is 6.93. The Kier molecular flexibility index (Phi) is 4.48. The van der Waals surface area contributed by atoms with E-state index in [4.69, 9.17) is 22.2 Å². The average molecular weight is 378 g/mol. The molecule has 5 nitrogen and oxygen atoms in total. The van der Waals surface area contributed by atoms with E-state index in [1.165, 1.54) is 11.8 Å². The summed E-state index contributed by atoms with van der Waals surface area (Å²) >= 11 is 6.26. The zero-order chi connectivity index (χ0) is 18.1. The summed E-state index contributed by atoms with van der Waals surface area (Å²) in [5, 5.41) is 2.61. The van der Waals surface area contributed by atoms with Gasteiger partial charge in [-0.05, 0) is 36.8 Å². The number of carbonyl (C=O) groups excluding carboxylic acids is 1. The van der Waals surface area contributed by atoms with Crippen molar-refractivity contribution in [3.8, 4) is 11.4 Å². The van der Waals surface area contributed by atoms with Gasteiger partial charge in [0.15, 0.2) is 0 Å². The predicted molar refractivity (Wildman–Crippen MR) is 108 cm³/mol. The van der Waals surface area contributed by atoms with Crippen LogP contribution in [0.4, 0.5) is 0 Å². The van der Waals surface area contributed by atoms with Gasteiger partial charge in [-0.15, -0.1) is 0 Å². The van der Waals surface area contributed by atoms with Gasteiger partial charge in [-0.1, -0.05) is 49.1 Å². The standard InChI is InChI=1S/C19H14N4OS2/c1-2-12-17(22-14-8-4-3-7-13(14)21-12)15-9-5-6-11(20-15)10-16-18(24)23-19(25)26-16/h3-10H,2H2,1H3,(H,23,24,25). The number of amides is 1. The molecule has 1 aliphatic rings. The van der Waals surface area contributed by atoms with Crippen LogP contribution in [0.1, 0.15) is 18.3 Å². The van der Waals surface area contributed by atoms with E-state index in [0.29, 0.717) is 14.9 Å². The van der Waals surface area contributed by atoms with Crippen molar-refractivity contribution in [2.24, 2.45) is 0 Å². The molecule has 7 heteroatoms. The van der Waals surface area contributed by atoms with E-state index in [9.17, 15) is 4.79 Å². The molecule has 1 N–H and O–H groups in total. The summed E-state index contributed by atoms with van der Waals surface area (Å²) in [6, 6.07) is 13.5. The third kappa shape index (κ3) is 3.23. The molecule has 0 atom stereocenters. The maximum absolute atomic E-state index is 11.9. The summed E-state index contributed by atoms with van der Waals surface area (Å²) in [5.41, 5.74) is 4.79. The number of thiocarbonyl (C=S) groups is 1. The number of hydrogen-bond donors (Lipinski definition) is 1. The second-order valence-electron chi connectivity index (χ2n) is 5.66. The maximum Gasteiger partial charge on any atom is 0.263 e. The van der Waals surface area contributed by atoms with Crippen molar-refractivity contribution < 1.29 is 4.79 Å². The molecule has 0 spiro atoms. The van der Waals surface area contributed by atoms with Gasteiger partial charge in [0, 0.05) is 0 Å². The van der Waals surface area contributed by atoms with Crippen molar-refractivity contribution in [2.75, 3.05) is 0 Å². The van der Waals surface area contributed by atoms with Crippen molar-refractivity contribution in [2.45, 2.75) is 13.3 Å². The zero-order valence-electron chi connectivity index (χ0n) is 13.9. The van der Waals surface area contributed by atoms with Crippen molar-refractivity contribution >= 4 is 51.3 Å². The van der Waals surface area contributed by atoms with Crippen molar-refractivity contribution in [1.29, 1.82) is 0 Å². The maximum atomic E-state index is 11.9. The lowest BCUT2D eigenvalue weighted by molar-refractivity contribution is -0.115. The van der Waals surface area contributed by atoms with Crippen LogP contribution in [0.2, 0.25) is 0 Å². The van der Waals surface area contributed by atoms with E-state index >= 15 is 0 Å². The molecule has 128 valence electrons. The third-order valence-electron chi connectivity index (χ3n) is 3.91. The number of carbonyl (C=O) groups is 1. The molecule has 2 aromatic heterocycles. The van der Waals surface area contributed by atoms with Gasteiger partial charge in [0.25, 0.3) is 5.91 Å². The van der Waals surface area contributed by atoms with Gasteiger partial charge >= 0.3 is 0 Å². The van der Waals surface area contributed by atoms with Crippen LogP contribution in [-0.4, -0.2) is 25.2 Å². The Labute approximate surface area is 160 Å². The molecular weight excluding hydrogens is 364 g/mol. The zero-order valence-corrected chi connectivity index (χ0v) is 15.5. The predicted octanol–water partition coefficient (Wildman–Crippen LogP) is 3.74. The summed E-state index contributed by atoms with van der Waals surface area (Å²) in [4.78, 5) is 26.5. The number of fused-ring (bicyclic) bond motifs is 1. The van der Waals surface area contributed by atoms with Crippen LogP contribution in [0.25, 0.3) is 28.5 Å². The quantitative estimate of drug-likeness (QED) is 0.553. The van der Waals surface area contributed by atoms with Gasteiger partial charge in [0.2, 0.25) is 0 Å². The lowest BCUT2D eigenvalue weighted by atomic mass is 10.1. The van der Waals surface area contributed by atoms with E-state index in [1.807, 2.05) is 42.5 Å². The molecule has 1 fully saturated rings. The molecule has 0 bridgehead atoms. The van der Waals surface area contributed by atoms with Crippen LogP contribution in [0.5, 0.6) is 0 Å². The number of hydrogen-bond acceptors (Lipinski definition) is 6. The summed E-state index contributed by atoms with van der Waals surface area (Å²) in [7, 11) is 0. The lowest BCUT2D eigenvalue weighted by Crippen LogP contribution is -2.17. The highest BCUT2D eigenvalue weighted by atomic mass is 32.2. The van der Waals surface area contributed by atoms with Crippen LogP contribution >= 0.6 is 24.0 Å². The fourth-order valence-corrected chi connectivity index (χ4v) is 3.74. The first-order valence-corrected chi connectivity index (χ1v) is 9.34. The summed E-state index contributed by atoms with van der Waals surface area (Å²) in [6.07, 6.45) is 2.50. The first-order valence-electron chi connectivity index (χ1n) is 8.12. The van der Waals surface area contributed by atoms with E-state index in [1.54, 1.807) is 6.08 Å². The molecule has 3 heterocycles. The van der Waals surface area contributed by atoms with E-state index in [-0.39, 0.29) is 5.91 Å². The van der Waals surface area contributed by atoms with Crippen molar-refractivity contribution in [3.63, 3.8) is 0 Å². The van der Waals surface area contributed by atoms with Crippen LogP contribution in [-0.2, 0) is 11.2 Å². The molecule has 1 saturated heterocycles. The van der Waals surface area contributed by atoms with Crippen molar-refractivity contribution in [3.05, 3.63) is 58.8 Å². The topological polar surface area (TPSA) is 67.8 Å². The van der Waals surface area contributed by atoms with E-state index in [0.717, 1.165) is 34.5 Å². The Bertz CT molecular complexity index is 1080. The minimum absolute atomic E-state index is 0.188. The third-order valence-corrected chi connectivity index (χ3v) is 5.07. The van der Waals surface area contributed by atoms with Gasteiger partial charge in [-0.2, -0.15) is 0 Å². The average Bonchev–Trinajstić information content (AvgIpc) is 2.97. The summed E-state index contributed by atoms with van der Waals surface area (Å²) in [6.45, 7) is 2.05. The smallest absolute Gasteiger partial charge is 0.263 e. The minimum Gasteiger partial charge on any atom is -0.307 e. The number of thioether (sulfide) groups is 1. The van der Waals surface area contributed by atoms with Gasteiger partial charge in [-0.3, -0.25) is 4.79 Å². The normalized spacial score (nSPS) is 15.7. The van der Waals surface area contributed by atoms with E-state index < -0.39 is 0 Å². The summed E-state index contributed by atoms with van der Waals surface area (Å²) < 4.78 is 0.464. The fraction of sp³-hybridized carbons (Fsp3) is 0.105. The van der Waals surface area contributed by atoms with E-state index in [2.05, 4.69) is 17.2 Å². The van der Waals surface area contributed by atoms with Crippen LogP contribution < -0.4 is 5.32 Å². The number of pyridine rings is 1. The van der Waals surface area contributed by atoms with Gasteiger partial charge in [-0.25, -0.2) is 15.0 Å². The van der Waals surface area contributed by atoms with Gasteiger partial charge in [0.1, 0.15) is 10.0 Å². The molecule has 1 aromatic carbocycles. The van der Waals surface area contributed by atoms with Crippen LogP contribution in [0, 0.1) is 0 Å². The molecule has 4 rings (SSSR count). The minimum atomic E-state index is -0.188. The van der Waals surface area contributed by atoms with Crippen LogP contribution in [0.3, 0.4) is 0 Å². The molecule has 0 unspecified atom stereocenters. The Morgan fingerprint density at radius 1 is 1.08 bits per heavy atom. The molecule has 3 aromatic rings. The Balaban J connectivity index is 1.79. The molecule has 1 amide bonds. The fourth-order valence-electron chi connectivity index (χ4n) is 2.71. The number of rotatable bonds is 3. The molecule has 0 radical (unpaired) electrons.